The van der Waals surface area contributed by atoms with Crippen LogP contribution in [0.25, 0.3) is 0 Å². The fraction of sp³-hybridized carbons (Fsp3) is 0.600. The van der Waals surface area contributed by atoms with Gasteiger partial charge in [-0.3, -0.25) is 4.90 Å². The zero-order valence-electron chi connectivity index (χ0n) is 11.4. The van der Waals surface area contributed by atoms with Crippen LogP contribution in [0, 0.1) is 0 Å². The Bertz CT molecular complexity index is 464. The first-order chi connectivity index (χ1) is 9.24. The Balaban J connectivity index is 1.82. The van der Waals surface area contributed by atoms with E-state index in [2.05, 4.69) is 23.2 Å². The van der Waals surface area contributed by atoms with Crippen molar-refractivity contribution < 1.29 is 4.74 Å². The Labute approximate surface area is 119 Å². The number of hydrogen-bond acceptors (Lipinski definition) is 3. The summed E-state index contributed by atoms with van der Waals surface area (Å²) in [5, 5.41) is 4.29. The fourth-order valence-electron chi connectivity index (χ4n) is 2.98. The summed E-state index contributed by atoms with van der Waals surface area (Å²) in [4.78, 5) is 2.52. The minimum absolute atomic E-state index is 0.603. The van der Waals surface area contributed by atoms with Crippen molar-refractivity contribution in [3.05, 3.63) is 28.3 Å². The molecule has 0 aromatic heterocycles. The normalized spacial score (nSPS) is 23.8. The molecule has 19 heavy (non-hydrogen) atoms. The molecule has 0 spiro atoms. The molecule has 104 valence electrons. The van der Waals surface area contributed by atoms with Crippen LogP contribution in [0.1, 0.15) is 24.5 Å². The number of nitrogens with one attached hydrogen (secondary N) is 1. The van der Waals surface area contributed by atoms with Gasteiger partial charge in [0.1, 0.15) is 5.75 Å². The molecule has 0 saturated carbocycles. The summed E-state index contributed by atoms with van der Waals surface area (Å²) in [5.41, 5.74) is 2.51. The molecule has 0 aliphatic carbocycles. The lowest BCUT2D eigenvalue weighted by Crippen LogP contribution is -2.33. The highest BCUT2D eigenvalue weighted by atomic mass is 35.5. The van der Waals surface area contributed by atoms with E-state index in [0.717, 1.165) is 50.0 Å². The zero-order chi connectivity index (χ0) is 13.2. The highest BCUT2D eigenvalue weighted by Gasteiger charge is 2.22. The van der Waals surface area contributed by atoms with Crippen molar-refractivity contribution in [2.75, 3.05) is 26.2 Å². The molecule has 2 heterocycles. The lowest BCUT2D eigenvalue weighted by atomic mass is 10.1. The first kappa shape index (κ1) is 13.2. The molecular formula is C15H21ClN2O. The van der Waals surface area contributed by atoms with Crippen LogP contribution in [0.2, 0.25) is 5.02 Å². The van der Waals surface area contributed by atoms with Gasteiger partial charge >= 0.3 is 0 Å². The van der Waals surface area contributed by atoms with Crippen LogP contribution in [0.4, 0.5) is 0 Å². The van der Waals surface area contributed by atoms with Gasteiger partial charge in [0.2, 0.25) is 0 Å². The van der Waals surface area contributed by atoms with Crippen LogP contribution in [0.5, 0.6) is 5.75 Å². The van der Waals surface area contributed by atoms with Crippen molar-refractivity contribution in [2.45, 2.75) is 32.4 Å². The Hall–Kier alpha value is -0.770. The van der Waals surface area contributed by atoms with Gasteiger partial charge in [-0.15, -0.1) is 0 Å². The number of halogens is 1. The zero-order valence-corrected chi connectivity index (χ0v) is 12.2. The minimum Gasteiger partial charge on any atom is -0.493 e. The minimum atomic E-state index is 0.603. The summed E-state index contributed by atoms with van der Waals surface area (Å²) < 4.78 is 5.79. The van der Waals surface area contributed by atoms with Crippen molar-refractivity contribution in [1.29, 1.82) is 0 Å². The predicted octanol–water partition coefficient (Wildman–Crippen LogP) is 2.46. The maximum absolute atomic E-state index is 6.23. The number of fused-ring (bicyclic) bond motifs is 1. The van der Waals surface area contributed by atoms with Crippen molar-refractivity contribution in [1.82, 2.24) is 10.2 Å². The van der Waals surface area contributed by atoms with Gasteiger partial charge in [-0.25, -0.2) is 0 Å². The fourth-order valence-corrected chi connectivity index (χ4v) is 3.24. The Kier molecular flexibility index (Phi) is 3.96. The smallest absolute Gasteiger partial charge is 0.127 e. The standard InChI is InChI=1S/C15H21ClN2O/c1-11-2-4-17-5-6-18(11)10-13-9-14(16)8-12-3-7-19-15(12)13/h8-9,11,17H,2-7,10H2,1H3. The Morgan fingerprint density at radius 1 is 1.42 bits per heavy atom. The lowest BCUT2D eigenvalue weighted by molar-refractivity contribution is 0.208. The average Bonchev–Trinajstić information content (AvgIpc) is 2.75. The summed E-state index contributed by atoms with van der Waals surface area (Å²) in [5.74, 6) is 1.08. The highest BCUT2D eigenvalue weighted by molar-refractivity contribution is 6.30. The van der Waals surface area contributed by atoms with Crippen LogP contribution in [0.3, 0.4) is 0 Å². The van der Waals surface area contributed by atoms with Gasteiger partial charge in [-0.1, -0.05) is 11.6 Å². The van der Waals surface area contributed by atoms with E-state index < -0.39 is 0 Å². The second-order valence-electron chi connectivity index (χ2n) is 5.51. The second kappa shape index (κ2) is 5.70. The van der Waals surface area contributed by atoms with E-state index in [9.17, 15) is 0 Å². The van der Waals surface area contributed by atoms with Crippen LogP contribution in [-0.2, 0) is 13.0 Å². The van der Waals surface area contributed by atoms with E-state index >= 15 is 0 Å². The molecule has 3 nitrogen and oxygen atoms in total. The molecule has 2 aliphatic heterocycles. The maximum atomic E-state index is 6.23. The molecule has 4 heteroatoms. The van der Waals surface area contributed by atoms with E-state index in [1.165, 1.54) is 17.5 Å². The van der Waals surface area contributed by atoms with Crippen LogP contribution < -0.4 is 10.1 Å². The molecule has 1 N–H and O–H groups in total. The summed E-state index contributed by atoms with van der Waals surface area (Å²) in [6, 6.07) is 4.71. The van der Waals surface area contributed by atoms with Gasteiger partial charge in [0, 0.05) is 42.7 Å². The van der Waals surface area contributed by atoms with Gasteiger partial charge in [0.15, 0.2) is 0 Å². The van der Waals surface area contributed by atoms with Crippen molar-refractivity contribution >= 4 is 11.6 Å². The molecule has 1 fully saturated rings. The Morgan fingerprint density at radius 3 is 3.21 bits per heavy atom. The summed E-state index contributed by atoms with van der Waals surface area (Å²) in [6.07, 6.45) is 2.18. The van der Waals surface area contributed by atoms with Crippen molar-refractivity contribution in [3.8, 4) is 5.75 Å². The molecule has 1 saturated heterocycles. The third-order valence-corrected chi connectivity index (χ3v) is 4.36. The van der Waals surface area contributed by atoms with E-state index in [4.69, 9.17) is 16.3 Å². The van der Waals surface area contributed by atoms with Gasteiger partial charge in [-0.2, -0.15) is 0 Å². The number of benzene rings is 1. The molecule has 1 atom stereocenters. The number of hydrogen-bond donors (Lipinski definition) is 1. The van der Waals surface area contributed by atoms with E-state index in [1.54, 1.807) is 0 Å². The SMILES string of the molecule is CC1CCNCCN1Cc1cc(Cl)cc2c1OCC2. The van der Waals surface area contributed by atoms with E-state index in [0.29, 0.717) is 6.04 Å². The van der Waals surface area contributed by atoms with Gasteiger partial charge in [0.25, 0.3) is 0 Å². The third kappa shape index (κ3) is 2.88. The van der Waals surface area contributed by atoms with Crippen molar-refractivity contribution in [2.24, 2.45) is 0 Å². The van der Waals surface area contributed by atoms with Gasteiger partial charge in [-0.05, 0) is 37.6 Å². The molecule has 2 aliphatic rings. The maximum Gasteiger partial charge on any atom is 0.127 e. The largest absolute Gasteiger partial charge is 0.493 e. The van der Waals surface area contributed by atoms with Crippen LogP contribution in [-0.4, -0.2) is 37.2 Å². The molecule has 3 rings (SSSR count). The number of nitrogens with zero attached hydrogens (tertiary/aromatic N) is 1. The van der Waals surface area contributed by atoms with Crippen molar-refractivity contribution in [3.63, 3.8) is 0 Å². The first-order valence-electron chi connectivity index (χ1n) is 7.13. The highest BCUT2D eigenvalue weighted by Crippen LogP contribution is 2.34. The quantitative estimate of drug-likeness (QED) is 0.901. The molecule has 1 aromatic rings. The van der Waals surface area contributed by atoms with Crippen LogP contribution >= 0.6 is 11.6 Å². The third-order valence-electron chi connectivity index (χ3n) is 4.14. The summed E-state index contributed by atoms with van der Waals surface area (Å²) >= 11 is 6.23. The molecule has 0 radical (unpaired) electrons. The Morgan fingerprint density at radius 2 is 2.32 bits per heavy atom. The molecule has 1 aromatic carbocycles. The predicted molar refractivity (Wildman–Crippen MR) is 78.0 cm³/mol. The summed E-state index contributed by atoms with van der Waals surface area (Å²) in [7, 11) is 0. The lowest BCUT2D eigenvalue weighted by Gasteiger charge is -2.27. The van der Waals surface area contributed by atoms with E-state index in [1.807, 2.05) is 6.07 Å². The summed E-state index contributed by atoms with van der Waals surface area (Å²) in [6.45, 7) is 7.29. The topological polar surface area (TPSA) is 24.5 Å². The number of rotatable bonds is 2. The average molecular weight is 281 g/mol. The number of ether oxygens (including phenoxy) is 1. The van der Waals surface area contributed by atoms with Gasteiger partial charge < -0.3 is 10.1 Å². The molecule has 0 bridgehead atoms. The monoisotopic (exact) mass is 280 g/mol. The van der Waals surface area contributed by atoms with Gasteiger partial charge in [0.05, 0.1) is 6.61 Å². The second-order valence-corrected chi connectivity index (χ2v) is 5.95. The first-order valence-corrected chi connectivity index (χ1v) is 7.50. The molecule has 1 unspecified atom stereocenters. The molecular weight excluding hydrogens is 260 g/mol. The van der Waals surface area contributed by atoms with Crippen LogP contribution in [0.15, 0.2) is 12.1 Å². The molecule has 0 amide bonds. The van der Waals surface area contributed by atoms with E-state index in [-0.39, 0.29) is 0 Å².